The van der Waals surface area contributed by atoms with Gasteiger partial charge in [-0.05, 0) is 40.5 Å². The lowest BCUT2D eigenvalue weighted by atomic mass is 10.0. The molecule has 0 aromatic heterocycles. The van der Waals surface area contributed by atoms with Gasteiger partial charge in [0.2, 0.25) is 0 Å². The molecule has 1 heterocycles. The first kappa shape index (κ1) is 11.0. The molecule has 1 aromatic carbocycles. The van der Waals surface area contributed by atoms with E-state index in [1.165, 1.54) is 0 Å². The molecule has 0 spiro atoms. The second kappa shape index (κ2) is 4.40. The number of benzene rings is 1. The molecule has 0 radical (unpaired) electrons. The molecule has 72 valence electrons. The van der Waals surface area contributed by atoms with Crippen LogP contribution in [0.3, 0.4) is 0 Å². The zero-order valence-corrected chi connectivity index (χ0v) is 9.34. The Morgan fingerprint density at radius 3 is 2.92 bits per heavy atom. The fraction of sp³-hybridized carbons (Fsp3) is 0.333. The first-order valence-corrected chi connectivity index (χ1v) is 4.75. The van der Waals surface area contributed by atoms with E-state index in [4.69, 9.17) is 0 Å². The van der Waals surface area contributed by atoms with E-state index in [1.54, 1.807) is 6.07 Å². The van der Waals surface area contributed by atoms with Crippen molar-refractivity contribution in [3.05, 3.63) is 33.5 Å². The molecule has 0 aliphatic carbocycles. The van der Waals surface area contributed by atoms with E-state index in [1.807, 2.05) is 6.07 Å². The number of rotatable bonds is 0. The number of hydrogen-bond donors (Lipinski definition) is 1. The van der Waals surface area contributed by atoms with Gasteiger partial charge in [0, 0.05) is 12.1 Å². The molecule has 0 saturated heterocycles. The van der Waals surface area contributed by atoms with Gasteiger partial charge < -0.3 is 5.32 Å². The van der Waals surface area contributed by atoms with Crippen molar-refractivity contribution in [1.82, 2.24) is 5.32 Å². The predicted octanol–water partition coefficient (Wildman–Crippen LogP) is 2.66. The Bertz CT molecular complexity index is 317. The number of halogens is 3. The smallest absolute Gasteiger partial charge is 0.142 e. The highest BCUT2D eigenvalue weighted by Gasteiger charge is 2.14. The fourth-order valence-corrected chi connectivity index (χ4v) is 1.87. The molecule has 2 rings (SSSR count). The van der Waals surface area contributed by atoms with Gasteiger partial charge in [-0.3, -0.25) is 0 Å². The molecule has 0 fully saturated rings. The topological polar surface area (TPSA) is 12.0 Å². The van der Waals surface area contributed by atoms with E-state index in [0.29, 0.717) is 11.0 Å². The molecule has 13 heavy (non-hydrogen) atoms. The lowest BCUT2D eigenvalue weighted by Gasteiger charge is -2.17. The van der Waals surface area contributed by atoms with Crippen LogP contribution in [0.1, 0.15) is 11.1 Å². The standard InChI is InChI=1S/C9H9BrFN.ClH/c10-8-2-1-6-3-4-12-5-7(6)9(8)11;/h1-2,12H,3-5H2;1H. The van der Waals surface area contributed by atoms with Crippen LogP contribution < -0.4 is 5.32 Å². The average molecular weight is 267 g/mol. The van der Waals surface area contributed by atoms with Gasteiger partial charge >= 0.3 is 0 Å². The molecule has 1 nitrogen and oxygen atoms in total. The summed E-state index contributed by atoms with van der Waals surface area (Å²) in [6, 6.07) is 3.77. The quantitative estimate of drug-likeness (QED) is 0.761. The van der Waals surface area contributed by atoms with Crippen molar-refractivity contribution in [3.8, 4) is 0 Å². The predicted molar refractivity (Wildman–Crippen MR) is 56.8 cm³/mol. The number of nitrogens with one attached hydrogen (secondary N) is 1. The summed E-state index contributed by atoms with van der Waals surface area (Å²) in [5.74, 6) is -0.111. The second-order valence-electron chi connectivity index (χ2n) is 2.93. The summed E-state index contributed by atoms with van der Waals surface area (Å²) in [5.41, 5.74) is 1.95. The molecule has 1 aromatic rings. The van der Waals surface area contributed by atoms with Crippen LogP contribution in [0, 0.1) is 5.82 Å². The Labute approximate surface area is 91.3 Å². The first-order chi connectivity index (χ1) is 5.79. The van der Waals surface area contributed by atoms with Crippen molar-refractivity contribution >= 4 is 28.3 Å². The Morgan fingerprint density at radius 1 is 1.38 bits per heavy atom. The SMILES string of the molecule is Cl.Fc1c(Br)ccc2c1CNCC2. The van der Waals surface area contributed by atoms with Crippen LogP contribution in [0.5, 0.6) is 0 Å². The third-order valence-corrected chi connectivity index (χ3v) is 2.78. The Kier molecular flexibility index (Phi) is 3.71. The van der Waals surface area contributed by atoms with Gasteiger partial charge in [0.05, 0.1) is 4.47 Å². The van der Waals surface area contributed by atoms with E-state index in [-0.39, 0.29) is 18.2 Å². The summed E-state index contributed by atoms with van der Waals surface area (Å²) < 4.78 is 14.0. The minimum Gasteiger partial charge on any atom is -0.312 e. The Morgan fingerprint density at radius 2 is 2.15 bits per heavy atom. The van der Waals surface area contributed by atoms with Gasteiger partial charge in [-0.15, -0.1) is 12.4 Å². The van der Waals surface area contributed by atoms with Crippen molar-refractivity contribution in [2.75, 3.05) is 6.54 Å². The summed E-state index contributed by atoms with van der Waals surface area (Å²) in [5, 5.41) is 3.15. The van der Waals surface area contributed by atoms with Crippen molar-refractivity contribution in [2.45, 2.75) is 13.0 Å². The average Bonchev–Trinajstić information content (AvgIpc) is 2.12. The van der Waals surface area contributed by atoms with E-state index >= 15 is 0 Å². The highest BCUT2D eigenvalue weighted by molar-refractivity contribution is 9.10. The Balaban J connectivity index is 0.000000845. The highest BCUT2D eigenvalue weighted by Crippen LogP contribution is 2.24. The molecule has 0 saturated carbocycles. The molecule has 0 unspecified atom stereocenters. The van der Waals surface area contributed by atoms with Gasteiger partial charge in [0.15, 0.2) is 0 Å². The molecular weight excluding hydrogens is 256 g/mol. The van der Waals surface area contributed by atoms with Gasteiger partial charge in [-0.1, -0.05) is 6.07 Å². The fourth-order valence-electron chi connectivity index (χ4n) is 1.49. The second-order valence-corrected chi connectivity index (χ2v) is 3.78. The maximum atomic E-state index is 13.4. The minimum absolute atomic E-state index is 0. The van der Waals surface area contributed by atoms with Crippen LogP contribution in [0.25, 0.3) is 0 Å². The number of fused-ring (bicyclic) bond motifs is 1. The van der Waals surface area contributed by atoms with Crippen LogP contribution in [0.4, 0.5) is 4.39 Å². The summed E-state index contributed by atoms with van der Waals surface area (Å²) in [4.78, 5) is 0. The molecular formula is C9H10BrClFN. The monoisotopic (exact) mass is 265 g/mol. The molecule has 1 aliphatic heterocycles. The van der Waals surface area contributed by atoms with Crippen LogP contribution in [0.2, 0.25) is 0 Å². The van der Waals surface area contributed by atoms with Crippen LogP contribution in [-0.2, 0) is 13.0 Å². The third-order valence-electron chi connectivity index (χ3n) is 2.17. The molecule has 1 N–H and O–H groups in total. The van der Waals surface area contributed by atoms with Crippen molar-refractivity contribution in [1.29, 1.82) is 0 Å². The molecule has 0 bridgehead atoms. The largest absolute Gasteiger partial charge is 0.312 e. The minimum atomic E-state index is -0.111. The highest BCUT2D eigenvalue weighted by atomic mass is 79.9. The van der Waals surface area contributed by atoms with Crippen molar-refractivity contribution in [3.63, 3.8) is 0 Å². The molecule has 4 heteroatoms. The first-order valence-electron chi connectivity index (χ1n) is 3.95. The normalized spacial score (nSPS) is 14.6. The maximum absolute atomic E-state index is 13.4. The van der Waals surface area contributed by atoms with Crippen LogP contribution >= 0.6 is 28.3 Å². The van der Waals surface area contributed by atoms with E-state index in [0.717, 1.165) is 24.1 Å². The molecule has 0 atom stereocenters. The van der Waals surface area contributed by atoms with E-state index in [2.05, 4.69) is 21.2 Å². The summed E-state index contributed by atoms with van der Waals surface area (Å²) >= 11 is 3.17. The van der Waals surface area contributed by atoms with Gasteiger partial charge in [0.1, 0.15) is 5.82 Å². The van der Waals surface area contributed by atoms with Crippen LogP contribution in [0.15, 0.2) is 16.6 Å². The summed E-state index contributed by atoms with van der Waals surface area (Å²) in [7, 11) is 0. The van der Waals surface area contributed by atoms with Gasteiger partial charge in [-0.25, -0.2) is 4.39 Å². The van der Waals surface area contributed by atoms with Crippen molar-refractivity contribution in [2.24, 2.45) is 0 Å². The van der Waals surface area contributed by atoms with Crippen LogP contribution in [-0.4, -0.2) is 6.54 Å². The zero-order chi connectivity index (χ0) is 8.55. The molecule has 0 amide bonds. The molecule has 1 aliphatic rings. The maximum Gasteiger partial charge on any atom is 0.142 e. The third kappa shape index (κ3) is 2.03. The van der Waals surface area contributed by atoms with Crippen molar-refractivity contribution < 1.29 is 4.39 Å². The summed E-state index contributed by atoms with van der Waals surface area (Å²) in [6.45, 7) is 1.61. The lowest BCUT2D eigenvalue weighted by molar-refractivity contribution is 0.558. The van der Waals surface area contributed by atoms with Gasteiger partial charge in [-0.2, -0.15) is 0 Å². The number of hydrogen-bond acceptors (Lipinski definition) is 1. The van der Waals surface area contributed by atoms with E-state index < -0.39 is 0 Å². The van der Waals surface area contributed by atoms with Gasteiger partial charge in [0.25, 0.3) is 0 Å². The Hall–Kier alpha value is -0.120. The zero-order valence-electron chi connectivity index (χ0n) is 6.94. The van der Waals surface area contributed by atoms with E-state index in [9.17, 15) is 4.39 Å². The lowest BCUT2D eigenvalue weighted by Crippen LogP contribution is -2.24. The summed E-state index contributed by atoms with van der Waals surface area (Å²) in [6.07, 6.45) is 0.930.